The highest BCUT2D eigenvalue weighted by Crippen LogP contribution is 2.37. The summed E-state index contributed by atoms with van der Waals surface area (Å²) in [5, 5.41) is 0. The van der Waals surface area contributed by atoms with Crippen LogP contribution in [-0.4, -0.2) is 37.8 Å². The van der Waals surface area contributed by atoms with Gasteiger partial charge in [-0.3, -0.25) is 4.79 Å². The number of hydrogen-bond donors (Lipinski definition) is 0. The number of para-hydroxylation sites is 1. The van der Waals surface area contributed by atoms with Gasteiger partial charge in [-0.15, -0.1) is 0 Å². The molecule has 2 aromatic rings. The van der Waals surface area contributed by atoms with E-state index >= 15 is 0 Å². The summed E-state index contributed by atoms with van der Waals surface area (Å²) in [6, 6.07) is 11.9. The Labute approximate surface area is 179 Å². The van der Waals surface area contributed by atoms with E-state index in [1.165, 1.54) is 12.1 Å². The number of carbonyl (C=O) groups is 1. The molecule has 166 valence electrons. The van der Waals surface area contributed by atoms with Crippen molar-refractivity contribution in [3.63, 3.8) is 0 Å². The summed E-state index contributed by atoms with van der Waals surface area (Å²) in [4.78, 5) is 14.2. The fourth-order valence-electron chi connectivity index (χ4n) is 4.51. The van der Waals surface area contributed by atoms with Crippen molar-refractivity contribution in [3.8, 4) is 0 Å². The number of rotatable bonds is 3. The molecule has 0 spiro atoms. The van der Waals surface area contributed by atoms with Crippen molar-refractivity contribution >= 4 is 21.6 Å². The summed E-state index contributed by atoms with van der Waals surface area (Å²) >= 11 is 0. The zero-order valence-electron chi connectivity index (χ0n) is 17.0. The van der Waals surface area contributed by atoms with E-state index in [2.05, 4.69) is 0 Å². The zero-order chi connectivity index (χ0) is 22.4. The molecule has 4 rings (SSSR count). The molecule has 5 nitrogen and oxygen atoms in total. The average Bonchev–Trinajstić information content (AvgIpc) is 3.08. The van der Waals surface area contributed by atoms with Gasteiger partial charge in [0.15, 0.2) is 0 Å². The van der Waals surface area contributed by atoms with Crippen molar-refractivity contribution in [2.24, 2.45) is 5.92 Å². The van der Waals surface area contributed by atoms with Crippen molar-refractivity contribution in [3.05, 3.63) is 59.7 Å². The predicted octanol–water partition coefficient (Wildman–Crippen LogP) is 4.08. The second kappa shape index (κ2) is 7.94. The normalized spacial score (nSPS) is 20.6. The summed E-state index contributed by atoms with van der Waals surface area (Å²) in [7, 11) is -4.31. The zero-order valence-corrected chi connectivity index (χ0v) is 17.8. The smallest absolute Gasteiger partial charge is 0.309 e. The Balaban J connectivity index is 1.50. The third-order valence-electron chi connectivity index (χ3n) is 6.06. The summed E-state index contributed by atoms with van der Waals surface area (Å²) in [5.41, 5.74) is 0.817. The molecule has 1 saturated heterocycles. The highest BCUT2D eigenvalue weighted by molar-refractivity contribution is 7.89. The van der Waals surface area contributed by atoms with Crippen LogP contribution in [0.15, 0.2) is 53.4 Å². The van der Waals surface area contributed by atoms with E-state index in [4.69, 9.17) is 0 Å². The molecule has 31 heavy (non-hydrogen) atoms. The number of anilines is 1. The summed E-state index contributed by atoms with van der Waals surface area (Å²) in [6.07, 6.45) is -3.45. The van der Waals surface area contributed by atoms with E-state index in [-0.39, 0.29) is 43.8 Å². The Morgan fingerprint density at radius 2 is 1.61 bits per heavy atom. The van der Waals surface area contributed by atoms with Crippen molar-refractivity contribution in [1.29, 1.82) is 0 Å². The summed E-state index contributed by atoms with van der Waals surface area (Å²) in [6.45, 7) is 2.00. The first-order valence-electron chi connectivity index (χ1n) is 10.2. The van der Waals surface area contributed by atoms with Gasteiger partial charge in [0.05, 0.1) is 10.5 Å². The number of benzene rings is 2. The molecule has 0 aromatic heterocycles. The van der Waals surface area contributed by atoms with E-state index in [9.17, 15) is 26.4 Å². The predicted molar refractivity (Wildman–Crippen MR) is 110 cm³/mol. The number of sulfonamides is 1. The standard InChI is InChI=1S/C22H23F3N2O3S/c1-15-14-17-6-2-4-8-19(17)27(15)21(28)16-10-12-26(13-11-16)31(29,30)20-9-5-3-7-18(20)22(23,24)25/h2-9,15-16H,10-14H2,1H3. The molecule has 0 aliphatic carbocycles. The topological polar surface area (TPSA) is 57.7 Å². The Morgan fingerprint density at radius 1 is 1.00 bits per heavy atom. The molecule has 1 amide bonds. The monoisotopic (exact) mass is 452 g/mol. The SMILES string of the molecule is CC1Cc2ccccc2N1C(=O)C1CCN(S(=O)(=O)c2ccccc2C(F)(F)F)CC1. The van der Waals surface area contributed by atoms with Crippen molar-refractivity contribution in [2.75, 3.05) is 18.0 Å². The highest BCUT2D eigenvalue weighted by atomic mass is 32.2. The highest BCUT2D eigenvalue weighted by Gasteiger charge is 2.41. The van der Waals surface area contributed by atoms with Gasteiger partial charge in [-0.2, -0.15) is 17.5 Å². The van der Waals surface area contributed by atoms with Crippen LogP contribution in [0.5, 0.6) is 0 Å². The third-order valence-corrected chi connectivity index (χ3v) is 8.01. The number of fused-ring (bicyclic) bond motifs is 1. The first-order chi connectivity index (χ1) is 14.6. The largest absolute Gasteiger partial charge is 0.417 e. The first kappa shape index (κ1) is 21.8. The van der Waals surface area contributed by atoms with Crippen molar-refractivity contribution in [1.82, 2.24) is 4.31 Å². The fraction of sp³-hybridized carbons (Fsp3) is 0.409. The molecule has 2 heterocycles. The molecule has 1 unspecified atom stereocenters. The van der Waals surface area contributed by atoms with Crippen LogP contribution in [0.4, 0.5) is 18.9 Å². The van der Waals surface area contributed by atoms with E-state index < -0.39 is 26.7 Å². The first-order valence-corrected chi connectivity index (χ1v) is 11.6. The minimum absolute atomic E-state index is 0.00873. The van der Waals surface area contributed by atoms with Crippen LogP contribution in [0.25, 0.3) is 0 Å². The summed E-state index contributed by atoms with van der Waals surface area (Å²) < 4.78 is 66.9. The maximum absolute atomic E-state index is 13.3. The minimum atomic E-state index is -4.77. The number of alkyl halides is 3. The van der Waals surface area contributed by atoms with Gasteiger partial charge in [-0.25, -0.2) is 8.42 Å². The molecule has 0 saturated carbocycles. The van der Waals surface area contributed by atoms with E-state index in [1.807, 2.05) is 31.2 Å². The fourth-order valence-corrected chi connectivity index (χ4v) is 6.19. The van der Waals surface area contributed by atoms with Crippen LogP contribution in [0.1, 0.15) is 30.9 Å². The summed E-state index contributed by atoms with van der Waals surface area (Å²) in [5.74, 6) is -0.414. The lowest BCUT2D eigenvalue weighted by Crippen LogP contribution is -2.46. The van der Waals surface area contributed by atoms with Crippen LogP contribution < -0.4 is 4.90 Å². The van der Waals surface area contributed by atoms with Gasteiger partial charge in [0.1, 0.15) is 0 Å². The Bertz CT molecular complexity index is 1090. The van der Waals surface area contributed by atoms with E-state index in [1.54, 1.807) is 4.90 Å². The molecule has 2 aliphatic heterocycles. The molecule has 9 heteroatoms. The van der Waals surface area contributed by atoms with E-state index in [0.29, 0.717) is 0 Å². The third kappa shape index (κ3) is 3.96. The Morgan fingerprint density at radius 3 is 2.29 bits per heavy atom. The van der Waals surface area contributed by atoms with Gasteiger partial charge in [0, 0.05) is 30.7 Å². The second-order valence-corrected chi connectivity index (χ2v) is 9.97. The number of nitrogens with zero attached hydrogens (tertiary/aromatic N) is 2. The Hall–Kier alpha value is -2.39. The second-order valence-electron chi connectivity index (χ2n) is 8.06. The molecule has 0 bridgehead atoms. The number of halogens is 3. The molecular weight excluding hydrogens is 429 g/mol. The van der Waals surface area contributed by atoms with Crippen molar-refractivity contribution < 1.29 is 26.4 Å². The molecule has 1 fully saturated rings. The number of amides is 1. The van der Waals surface area contributed by atoms with Crippen molar-refractivity contribution in [2.45, 2.75) is 43.3 Å². The van der Waals surface area contributed by atoms with Crippen LogP contribution in [0.2, 0.25) is 0 Å². The van der Waals surface area contributed by atoms with Gasteiger partial charge in [-0.1, -0.05) is 30.3 Å². The Kier molecular flexibility index (Phi) is 5.59. The van der Waals surface area contributed by atoms with Gasteiger partial charge in [-0.05, 0) is 49.9 Å². The number of carbonyl (C=O) groups excluding carboxylic acids is 1. The van der Waals surface area contributed by atoms with Crippen LogP contribution >= 0.6 is 0 Å². The molecule has 1 atom stereocenters. The number of piperidine rings is 1. The van der Waals surface area contributed by atoms with Gasteiger partial charge < -0.3 is 4.90 Å². The van der Waals surface area contributed by atoms with Gasteiger partial charge in [0.2, 0.25) is 15.9 Å². The number of hydrogen-bond acceptors (Lipinski definition) is 3. The lowest BCUT2D eigenvalue weighted by Gasteiger charge is -2.34. The van der Waals surface area contributed by atoms with Gasteiger partial charge in [0.25, 0.3) is 0 Å². The maximum atomic E-state index is 13.3. The molecule has 0 radical (unpaired) electrons. The van der Waals surface area contributed by atoms with Crippen LogP contribution in [-0.2, 0) is 27.4 Å². The minimum Gasteiger partial charge on any atom is -0.309 e. The molecule has 2 aromatic carbocycles. The quantitative estimate of drug-likeness (QED) is 0.705. The van der Waals surface area contributed by atoms with Crippen LogP contribution in [0, 0.1) is 5.92 Å². The average molecular weight is 452 g/mol. The molecular formula is C22H23F3N2O3S. The lowest BCUT2D eigenvalue weighted by molar-refractivity contribution is -0.139. The maximum Gasteiger partial charge on any atom is 0.417 e. The van der Waals surface area contributed by atoms with E-state index in [0.717, 1.165) is 34.1 Å². The molecule has 2 aliphatic rings. The van der Waals surface area contributed by atoms with Crippen LogP contribution in [0.3, 0.4) is 0 Å². The lowest BCUT2D eigenvalue weighted by atomic mass is 9.96. The molecule has 0 N–H and O–H groups in total. The van der Waals surface area contributed by atoms with Gasteiger partial charge >= 0.3 is 6.18 Å².